The van der Waals surface area contributed by atoms with E-state index in [1.54, 1.807) is 0 Å². The van der Waals surface area contributed by atoms with E-state index in [0.29, 0.717) is 6.61 Å². The maximum absolute atomic E-state index is 12.3. The second-order valence-corrected chi connectivity index (χ2v) is 6.66. The van der Waals surface area contributed by atoms with E-state index >= 15 is 0 Å². The number of amides is 1. The van der Waals surface area contributed by atoms with Crippen LogP contribution >= 0.6 is 0 Å². The van der Waals surface area contributed by atoms with Crippen molar-refractivity contribution in [3.8, 4) is 0 Å². The Bertz CT molecular complexity index is 537. The van der Waals surface area contributed by atoms with Gasteiger partial charge in [0, 0.05) is 31.8 Å². The molecule has 3 atom stereocenters. The lowest BCUT2D eigenvalue weighted by Gasteiger charge is -2.27. The Hall–Kier alpha value is -1.40. The number of nitrogens with one attached hydrogen (secondary N) is 1. The minimum Gasteiger partial charge on any atom is -0.376 e. The number of carbonyl (C=O) groups excluding carboxylic acids is 1. The highest BCUT2D eigenvalue weighted by Crippen LogP contribution is 2.16. The molecule has 1 saturated heterocycles. The molecule has 1 fully saturated rings. The van der Waals surface area contributed by atoms with Crippen molar-refractivity contribution in [1.29, 1.82) is 0 Å². The fourth-order valence-electron chi connectivity index (χ4n) is 3.29. The van der Waals surface area contributed by atoms with Gasteiger partial charge >= 0.3 is 0 Å². The lowest BCUT2D eigenvalue weighted by atomic mass is 10.1. The number of aromatic nitrogens is 2. The van der Waals surface area contributed by atoms with Crippen LogP contribution in [0.25, 0.3) is 0 Å². The van der Waals surface area contributed by atoms with E-state index in [0.717, 1.165) is 50.4 Å². The predicted octanol–water partition coefficient (Wildman–Crippen LogP) is 1.60. The van der Waals surface area contributed by atoms with Crippen LogP contribution in [0, 0.1) is 6.92 Å². The van der Waals surface area contributed by atoms with Crippen LogP contribution in [0.4, 0.5) is 0 Å². The smallest absolute Gasteiger partial charge is 0.249 e. The summed E-state index contributed by atoms with van der Waals surface area (Å²) in [6.45, 7) is 5.92. The molecule has 0 aliphatic carbocycles. The Morgan fingerprint density at radius 2 is 2.39 bits per heavy atom. The van der Waals surface area contributed by atoms with Gasteiger partial charge in [-0.1, -0.05) is 0 Å². The van der Waals surface area contributed by atoms with Gasteiger partial charge in [0.1, 0.15) is 11.9 Å². The number of hydrogen-bond donors (Lipinski definition) is 1. The fourth-order valence-corrected chi connectivity index (χ4v) is 3.29. The van der Waals surface area contributed by atoms with E-state index in [-0.39, 0.29) is 18.1 Å². The van der Waals surface area contributed by atoms with Crippen LogP contribution in [0.2, 0.25) is 0 Å². The lowest BCUT2D eigenvalue weighted by Crippen LogP contribution is -2.45. The highest BCUT2D eigenvalue weighted by molar-refractivity contribution is 5.80. The average Bonchev–Trinajstić information content (AvgIpc) is 2.92. The molecule has 2 aliphatic heterocycles. The number of fused-ring (bicyclic) bond motifs is 1. The van der Waals surface area contributed by atoms with Gasteiger partial charge < -0.3 is 19.4 Å². The quantitative estimate of drug-likeness (QED) is 0.894. The zero-order valence-corrected chi connectivity index (χ0v) is 14.1. The van der Waals surface area contributed by atoms with E-state index in [2.05, 4.69) is 14.9 Å². The topological polar surface area (TPSA) is 65.4 Å². The first-order valence-electron chi connectivity index (χ1n) is 8.68. The Kier molecular flexibility index (Phi) is 5.33. The van der Waals surface area contributed by atoms with Gasteiger partial charge in [-0.2, -0.15) is 0 Å². The predicted molar refractivity (Wildman–Crippen MR) is 86.2 cm³/mol. The summed E-state index contributed by atoms with van der Waals surface area (Å²) < 4.78 is 13.5. The summed E-state index contributed by atoms with van der Waals surface area (Å²) in [4.78, 5) is 16.8. The Morgan fingerprint density at radius 1 is 1.52 bits per heavy atom. The molecule has 1 aromatic rings. The maximum atomic E-state index is 12.3. The first kappa shape index (κ1) is 16.5. The zero-order valence-electron chi connectivity index (χ0n) is 14.1. The van der Waals surface area contributed by atoms with E-state index in [1.807, 2.05) is 20.0 Å². The highest BCUT2D eigenvalue weighted by Gasteiger charge is 2.24. The molecule has 6 nitrogen and oxygen atoms in total. The molecule has 0 aromatic carbocycles. The third kappa shape index (κ3) is 4.32. The van der Waals surface area contributed by atoms with Crippen molar-refractivity contribution < 1.29 is 14.3 Å². The highest BCUT2D eigenvalue weighted by atomic mass is 16.5. The average molecular weight is 321 g/mol. The number of aryl methyl sites for hydroxylation is 2. The summed E-state index contributed by atoms with van der Waals surface area (Å²) in [5.74, 6) is 1.08. The molecule has 1 amide bonds. The third-order valence-electron chi connectivity index (χ3n) is 4.63. The van der Waals surface area contributed by atoms with Crippen LogP contribution in [-0.2, 0) is 27.2 Å². The summed E-state index contributed by atoms with van der Waals surface area (Å²) in [6, 6.07) is 0.153. The van der Waals surface area contributed by atoms with Crippen LogP contribution in [0.1, 0.15) is 44.1 Å². The van der Waals surface area contributed by atoms with E-state index in [1.165, 1.54) is 6.42 Å². The number of hydrogen-bond acceptors (Lipinski definition) is 4. The monoisotopic (exact) mass is 321 g/mol. The summed E-state index contributed by atoms with van der Waals surface area (Å²) in [7, 11) is 0. The van der Waals surface area contributed by atoms with Crippen LogP contribution < -0.4 is 5.32 Å². The Labute approximate surface area is 137 Å². The molecule has 0 radical (unpaired) electrons. The van der Waals surface area contributed by atoms with Gasteiger partial charge in [-0.15, -0.1) is 0 Å². The molecule has 2 aliphatic rings. The molecular weight excluding hydrogens is 294 g/mol. The van der Waals surface area contributed by atoms with E-state index in [4.69, 9.17) is 9.47 Å². The number of carbonyl (C=O) groups is 1. The summed E-state index contributed by atoms with van der Waals surface area (Å²) in [5, 5.41) is 3.10. The first-order valence-corrected chi connectivity index (χ1v) is 8.68. The van der Waals surface area contributed by atoms with Gasteiger partial charge in [-0.05, 0) is 39.5 Å². The van der Waals surface area contributed by atoms with Crippen LogP contribution in [0.5, 0.6) is 0 Å². The zero-order chi connectivity index (χ0) is 16.2. The third-order valence-corrected chi connectivity index (χ3v) is 4.63. The molecule has 6 heteroatoms. The first-order chi connectivity index (χ1) is 11.1. The summed E-state index contributed by atoms with van der Waals surface area (Å²) >= 11 is 0. The van der Waals surface area contributed by atoms with Crippen molar-refractivity contribution in [3.63, 3.8) is 0 Å². The van der Waals surface area contributed by atoms with Crippen molar-refractivity contribution in [3.05, 3.63) is 17.7 Å². The SMILES string of the molecule is Cc1cn2c(n1)CCC(NC(=O)C(C)OCC1CCCCO1)C2. The minimum absolute atomic E-state index is 0.0360. The minimum atomic E-state index is -0.438. The molecule has 23 heavy (non-hydrogen) atoms. The molecule has 1 aromatic heterocycles. The maximum Gasteiger partial charge on any atom is 0.249 e. The summed E-state index contributed by atoms with van der Waals surface area (Å²) in [5.41, 5.74) is 1.04. The number of ether oxygens (including phenoxy) is 2. The van der Waals surface area contributed by atoms with Gasteiger partial charge in [0.2, 0.25) is 5.91 Å². The van der Waals surface area contributed by atoms with E-state index < -0.39 is 6.10 Å². The van der Waals surface area contributed by atoms with Crippen LogP contribution in [0.15, 0.2) is 6.20 Å². The van der Waals surface area contributed by atoms with Gasteiger partial charge in [0.05, 0.1) is 18.4 Å². The molecule has 128 valence electrons. The number of imidazole rings is 1. The number of rotatable bonds is 5. The molecular formula is C17H27N3O3. The van der Waals surface area contributed by atoms with Gasteiger partial charge in [-0.25, -0.2) is 4.98 Å². The van der Waals surface area contributed by atoms with Gasteiger partial charge in [0.15, 0.2) is 0 Å². The van der Waals surface area contributed by atoms with E-state index in [9.17, 15) is 4.79 Å². The van der Waals surface area contributed by atoms with Gasteiger partial charge in [-0.3, -0.25) is 4.79 Å². The second-order valence-electron chi connectivity index (χ2n) is 6.66. The van der Waals surface area contributed by atoms with Crippen LogP contribution in [-0.4, -0.2) is 46.9 Å². The number of nitrogens with zero attached hydrogens (tertiary/aromatic N) is 2. The van der Waals surface area contributed by atoms with Gasteiger partial charge in [0.25, 0.3) is 0 Å². The Morgan fingerprint density at radius 3 is 3.17 bits per heavy atom. The Balaban J connectivity index is 1.43. The molecule has 0 spiro atoms. The van der Waals surface area contributed by atoms with Crippen molar-refractivity contribution in [2.24, 2.45) is 0 Å². The normalized spacial score (nSPS) is 25.7. The molecule has 0 saturated carbocycles. The van der Waals surface area contributed by atoms with Crippen LogP contribution in [0.3, 0.4) is 0 Å². The molecule has 3 unspecified atom stereocenters. The fraction of sp³-hybridized carbons (Fsp3) is 0.765. The van der Waals surface area contributed by atoms with Crippen molar-refractivity contribution in [1.82, 2.24) is 14.9 Å². The van der Waals surface area contributed by atoms with Crippen molar-refractivity contribution >= 4 is 5.91 Å². The summed E-state index contributed by atoms with van der Waals surface area (Å²) in [6.07, 6.45) is 6.93. The molecule has 1 N–H and O–H groups in total. The largest absolute Gasteiger partial charge is 0.376 e. The lowest BCUT2D eigenvalue weighted by molar-refractivity contribution is -0.136. The standard InChI is InChI=1S/C17H27N3O3/c1-12-9-20-10-14(6-7-16(20)18-12)19-17(21)13(2)23-11-15-5-3-4-8-22-15/h9,13-15H,3-8,10-11H2,1-2H3,(H,19,21). The van der Waals surface area contributed by atoms with Crippen molar-refractivity contribution in [2.45, 2.75) is 70.7 Å². The molecule has 3 heterocycles. The second kappa shape index (κ2) is 7.45. The molecule has 0 bridgehead atoms. The molecule has 3 rings (SSSR count). The van der Waals surface area contributed by atoms with Crippen molar-refractivity contribution in [2.75, 3.05) is 13.2 Å².